The fourth-order valence-corrected chi connectivity index (χ4v) is 2.38. The van der Waals surface area contributed by atoms with Gasteiger partial charge in [-0.15, -0.1) is 0 Å². The summed E-state index contributed by atoms with van der Waals surface area (Å²) in [5.41, 5.74) is 0.833. The second kappa shape index (κ2) is 5.40. The first-order chi connectivity index (χ1) is 9.38. The lowest BCUT2D eigenvalue weighted by atomic mass is 10.0. The van der Waals surface area contributed by atoms with E-state index in [1.165, 1.54) is 12.8 Å². The SMILES string of the molecule is COc1ccccc1-c1nc(C2CCCCN2)no1. The van der Waals surface area contributed by atoms with Crippen LogP contribution in [0.2, 0.25) is 0 Å². The Morgan fingerprint density at radius 3 is 3.00 bits per heavy atom. The van der Waals surface area contributed by atoms with Crippen LogP contribution in [0.25, 0.3) is 11.5 Å². The molecule has 0 aliphatic carbocycles. The van der Waals surface area contributed by atoms with Gasteiger partial charge in [0.15, 0.2) is 5.82 Å². The third-order valence-corrected chi connectivity index (χ3v) is 3.40. The Labute approximate surface area is 112 Å². The predicted octanol–water partition coefficient (Wildman–Crippen LogP) is 2.56. The van der Waals surface area contributed by atoms with Crippen molar-refractivity contribution in [2.75, 3.05) is 13.7 Å². The average molecular weight is 259 g/mol. The summed E-state index contributed by atoms with van der Waals surface area (Å²) in [7, 11) is 1.64. The zero-order valence-corrected chi connectivity index (χ0v) is 10.9. The van der Waals surface area contributed by atoms with Crippen LogP contribution in [-0.2, 0) is 0 Å². The van der Waals surface area contributed by atoms with Gasteiger partial charge in [0, 0.05) is 0 Å². The van der Waals surface area contributed by atoms with Crippen molar-refractivity contribution in [1.29, 1.82) is 0 Å². The van der Waals surface area contributed by atoms with E-state index >= 15 is 0 Å². The topological polar surface area (TPSA) is 60.2 Å². The summed E-state index contributed by atoms with van der Waals surface area (Å²) in [6, 6.07) is 7.87. The minimum Gasteiger partial charge on any atom is -0.496 e. The molecular weight excluding hydrogens is 242 g/mol. The molecule has 1 unspecified atom stereocenters. The van der Waals surface area contributed by atoms with Crippen LogP contribution in [0.5, 0.6) is 5.75 Å². The third-order valence-electron chi connectivity index (χ3n) is 3.40. The van der Waals surface area contributed by atoms with Crippen molar-refractivity contribution in [2.24, 2.45) is 0 Å². The summed E-state index contributed by atoms with van der Waals surface area (Å²) < 4.78 is 10.7. The van der Waals surface area contributed by atoms with E-state index in [1.807, 2.05) is 24.3 Å². The monoisotopic (exact) mass is 259 g/mol. The van der Waals surface area contributed by atoms with Crippen molar-refractivity contribution in [2.45, 2.75) is 25.3 Å². The maximum atomic E-state index is 5.37. The van der Waals surface area contributed by atoms with Crippen LogP contribution in [0, 0.1) is 0 Å². The molecule has 0 radical (unpaired) electrons. The van der Waals surface area contributed by atoms with Crippen LogP contribution in [-0.4, -0.2) is 23.8 Å². The number of rotatable bonds is 3. The van der Waals surface area contributed by atoms with Crippen molar-refractivity contribution in [1.82, 2.24) is 15.5 Å². The van der Waals surface area contributed by atoms with Gasteiger partial charge in [0.25, 0.3) is 5.89 Å². The van der Waals surface area contributed by atoms with E-state index in [-0.39, 0.29) is 6.04 Å². The number of para-hydroxylation sites is 1. The molecule has 100 valence electrons. The number of piperidine rings is 1. The third kappa shape index (κ3) is 2.46. The van der Waals surface area contributed by atoms with Crippen molar-refractivity contribution in [3.63, 3.8) is 0 Å². The Bertz CT molecular complexity index is 547. The lowest BCUT2D eigenvalue weighted by Crippen LogP contribution is -2.27. The molecule has 1 fully saturated rings. The highest BCUT2D eigenvalue weighted by Crippen LogP contribution is 2.29. The molecule has 0 amide bonds. The molecule has 0 saturated carbocycles. The van der Waals surface area contributed by atoms with Gasteiger partial charge in [0.2, 0.25) is 0 Å². The number of nitrogens with one attached hydrogen (secondary N) is 1. The number of nitrogens with zero attached hydrogens (tertiary/aromatic N) is 2. The minimum absolute atomic E-state index is 0.209. The Morgan fingerprint density at radius 2 is 2.21 bits per heavy atom. The zero-order valence-electron chi connectivity index (χ0n) is 10.9. The summed E-state index contributed by atoms with van der Waals surface area (Å²) in [4.78, 5) is 4.49. The first-order valence-corrected chi connectivity index (χ1v) is 6.59. The highest BCUT2D eigenvalue weighted by molar-refractivity contribution is 5.62. The van der Waals surface area contributed by atoms with Gasteiger partial charge >= 0.3 is 0 Å². The van der Waals surface area contributed by atoms with Gasteiger partial charge in [0.05, 0.1) is 18.7 Å². The van der Waals surface area contributed by atoms with Gasteiger partial charge in [-0.3, -0.25) is 0 Å². The lowest BCUT2D eigenvalue weighted by molar-refractivity contribution is 0.365. The van der Waals surface area contributed by atoms with Gasteiger partial charge in [0.1, 0.15) is 5.75 Å². The molecule has 2 heterocycles. The number of benzene rings is 1. The summed E-state index contributed by atoms with van der Waals surface area (Å²) in [6.45, 7) is 1.02. The number of ether oxygens (including phenoxy) is 1. The molecule has 1 aromatic carbocycles. The summed E-state index contributed by atoms with van der Waals surface area (Å²) in [5, 5.41) is 7.50. The van der Waals surface area contributed by atoms with E-state index in [4.69, 9.17) is 9.26 Å². The van der Waals surface area contributed by atoms with Crippen molar-refractivity contribution >= 4 is 0 Å². The fraction of sp³-hybridized carbons (Fsp3) is 0.429. The molecule has 1 aliphatic heterocycles. The first-order valence-electron chi connectivity index (χ1n) is 6.59. The van der Waals surface area contributed by atoms with Gasteiger partial charge in [-0.25, -0.2) is 0 Å². The van der Waals surface area contributed by atoms with Gasteiger partial charge in [-0.2, -0.15) is 4.98 Å². The number of hydrogen-bond donors (Lipinski definition) is 1. The number of methoxy groups -OCH3 is 1. The standard InChI is InChI=1S/C14H17N3O2/c1-18-12-8-3-2-6-10(12)14-16-13(17-19-14)11-7-4-5-9-15-11/h2-3,6,8,11,15H,4-5,7,9H2,1H3. The minimum atomic E-state index is 0.209. The Morgan fingerprint density at radius 1 is 1.32 bits per heavy atom. The van der Waals surface area contributed by atoms with Crippen LogP contribution in [0.4, 0.5) is 0 Å². The molecule has 3 rings (SSSR count). The molecule has 5 heteroatoms. The number of aromatic nitrogens is 2. The molecule has 1 aliphatic rings. The van der Waals surface area contributed by atoms with Crippen LogP contribution in [0.15, 0.2) is 28.8 Å². The summed E-state index contributed by atoms with van der Waals surface area (Å²) >= 11 is 0. The maximum absolute atomic E-state index is 5.37. The fourth-order valence-electron chi connectivity index (χ4n) is 2.38. The van der Waals surface area contributed by atoms with E-state index in [0.717, 1.165) is 30.1 Å². The molecular formula is C14H17N3O2. The molecule has 5 nitrogen and oxygen atoms in total. The molecule has 19 heavy (non-hydrogen) atoms. The van der Waals surface area contributed by atoms with Crippen LogP contribution in [0.3, 0.4) is 0 Å². The summed E-state index contributed by atoms with van der Waals surface area (Å²) in [6.07, 6.45) is 3.48. The van der Waals surface area contributed by atoms with Crippen molar-refractivity contribution in [3.8, 4) is 17.2 Å². The van der Waals surface area contributed by atoms with Crippen molar-refractivity contribution < 1.29 is 9.26 Å². The second-order valence-electron chi connectivity index (χ2n) is 4.66. The quantitative estimate of drug-likeness (QED) is 0.918. The van der Waals surface area contributed by atoms with E-state index in [2.05, 4.69) is 15.5 Å². The molecule has 1 N–H and O–H groups in total. The average Bonchev–Trinajstić information content (AvgIpc) is 2.98. The van der Waals surface area contributed by atoms with E-state index in [0.29, 0.717) is 5.89 Å². The maximum Gasteiger partial charge on any atom is 0.261 e. The van der Waals surface area contributed by atoms with Crippen molar-refractivity contribution in [3.05, 3.63) is 30.1 Å². The smallest absolute Gasteiger partial charge is 0.261 e. The molecule has 1 atom stereocenters. The van der Waals surface area contributed by atoms with E-state index in [9.17, 15) is 0 Å². The molecule has 0 bridgehead atoms. The van der Waals surface area contributed by atoms with Gasteiger partial charge < -0.3 is 14.6 Å². The van der Waals surface area contributed by atoms with Crippen LogP contribution >= 0.6 is 0 Å². The Balaban J connectivity index is 1.88. The van der Waals surface area contributed by atoms with Crippen LogP contribution in [0.1, 0.15) is 31.1 Å². The Kier molecular flexibility index (Phi) is 3.46. The normalized spacial score (nSPS) is 19.3. The molecule has 2 aromatic rings. The van der Waals surface area contributed by atoms with E-state index in [1.54, 1.807) is 7.11 Å². The second-order valence-corrected chi connectivity index (χ2v) is 4.66. The largest absolute Gasteiger partial charge is 0.496 e. The van der Waals surface area contributed by atoms with E-state index < -0.39 is 0 Å². The zero-order chi connectivity index (χ0) is 13.1. The van der Waals surface area contributed by atoms with Crippen LogP contribution < -0.4 is 10.1 Å². The molecule has 1 aromatic heterocycles. The lowest BCUT2D eigenvalue weighted by Gasteiger charge is -2.19. The van der Waals surface area contributed by atoms with Gasteiger partial charge in [-0.1, -0.05) is 23.7 Å². The van der Waals surface area contributed by atoms with Gasteiger partial charge in [-0.05, 0) is 31.5 Å². The summed E-state index contributed by atoms with van der Waals surface area (Å²) in [5.74, 6) is 2.00. The highest BCUT2D eigenvalue weighted by Gasteiger charge is 2.21. The molecule has 0 spiro atoms. The number of hydrogen-bond acceptors (Lipinski definition) is 5. The Hall–Kier alpha value is -1.88. The first kappa shape index (κ1) is 12.2. The highest BCUT2D eigenvalue weighted by atomic mass is 16.5. The predicted molar refractivity (Wildman–Crippen MR) is 70.9 cm³/mol. The molecule has 1 saturated heterocycles.